The minimum atomic E-state index is -0.0116. The predicted molar refractivity (Wildman–Crippen MR) is 53.4 cm³/mol. The summed E-state index contributed by atoms with van der Waals surface area (Å²) in [7, 11) is 0. The lowest BCUT2D eigenvalue weighted by Gasteiger charge is -2.06. The van der Waals surface area contributed by atoms with E-state index in [2.05, 4.69) is 10.2 Å². The van der Waals surface area contributed by atoms with Crippen molar-refractivity contribution in [2.24, 2.45) is 5.73 Å². The Labute approximate surface area is 87.8 Å². The number of hydrogen-bond acceptors (Lipinski definition) is 4. The van der Waals surface area contributed by atoms with Crippen LogP contribution in [0.15, 0.2) is 12.1 Å². The lowest BCUT2D eigenvalue weighted by molar-refractivity contribution is 0.282. The van der Waals surface area contributed by atoms with Crippen LogP contribution in [0.25, 0.3) is 0 Å². The van der Waals surface area contributed by atoms with E-state index in [1.54, 1.807) is 12.1 Å². The molecule has 74 valence electrons. The maximum absolute atomic E-state index is 5.52. The fourth-order valence-electron chi connectivity index (χ4n) is 0.598. The summed E-state index contributed by atoms with van der Waals surface area (Å²) in [6.45, 7) is 2.28. The molecule has 0 aliphatic rings. The van der Waals surface area contributed by atoms with Gasteiger partial charge in [0.05, 0.1) is 0 Å². The van der Waals surface area contributed by atoms with E-state index in [-0.39, 0.29) is 18.4 Å². The molecule has 0 aliphatic heterocycles. The van der Waals surface area contributed by atoms with Crippen LogP contribution in [0.4, 0.5) is 0 Å². The molecular formula is C7H11Cl2N3O. The van der Waals surface area contributed by atoms with Gasteiger partial charge in [-0.3, -0.25) is 0 Å². The van der Waals surface area contributed by atoms with Gasteiger partial charge in [-0.2, -0.15) is 0 Å². The van der Waals surface area contributed by atoms with E-state index in [1.807, 2.05) is 6.92 Å². The quantitative estimate of drug-likeness (QED) is 0.839. The lowest BCUT2D eigenvalue weighted by Crippen LogP contribution is -2.23. The van der Waals surface area contributed by atoms with Gasteiger partial charge in [0.15, 0.2) is 5.15 Å². The molecule has 1 heterocycles. The van der Waals surface area contributed by atoms with Crippen molar-refractivity contribution in [3.05, 3.63) is 17.3 Å². The largest absolute Gasteiger partial charge is 0.475 e. The van der Waals surface area contributed by atoms with Crippen molar-refractivity contribution in [2.75, 3.05) is 6.61 Å². The van der Waals surface area contributed by atoms with Crippen LogP contribution in [0.2, 0.25) is 5.15 Å². The van der Waals surface area contributed by atoms with Crippen LogP contribution < -0.4 is 10.5 Å². The molecule has 0 amide bonds. The summed E-state index contributed by atoms with van der Waals surface area (Å²) < 4.78 is 5.17. The van der Waals surface area contributed by atoms with Crippen molar-refractivity contribution in [3.8, 4) is 5.88 Å². The highest BCUT2D eigenvalue weighted by molar-refractivity contribution is 6.29. The first-order valence-electron chi connectivity index (χ1n) is 3.56. The summed E-state index contributed by atoms with van der Waals surface area (Å²) in [5, 5.41) is 7.65. The van der Waals surface area contributed by atoms with Crippen molar-refractivity contribution in [1.82, 2.24) is 10.2 Å². The Balaban J connectivity index is 0.00000144. The molecular weight excluding hydrogens is 213 g/mol. The zero-order chi connectivity index (χ0) is 8.97. The van der Waals surface area contributed by atoms with Gasteiger partial charge in [-0.15, -0.1) is 22.6 Å². The Morgan fingerprint density at radius 1 is 1.54 bits per heavy atom. The Bertz CT molecular complexity index is 240. The average molecular weight is 224 g/mol. The van der Waals surface area contributed by atoms with Crippen LogP contribution in [0.5, 0.6) is 5.88 Å². The monoisotopic (exact) mass is 223 g/mol. The SMILES string of the molecule is CC(N)COc1ccc(Cl)nn1.Cl. The van der Waals surface area contributed by atoms with E-state index in [9.17, 15) is 0 Å². The standard InChI is InChI=1S/C7H10ClN3O.ClH/c1-5(9)4-12-7-3-2-6(8)10-11-7;/h2-3,5H,4,9H2,1H3;1H. The lowest BCUT2D eigenvalue weighted by atomic mass is 10.4. The number of aromatic nitrogens is 2. The van der Waals surface area contributed by atoms with Gasteiger partial charge in [0, 0.05) is 12.1 Å². The van der Waals surface area contributed by atoms with E-state index < -0.39 is 0 Å². The molecule has 6 heteroatoms. The molecule has 1 unspecified atom stereocenters. The molecule has 2 N–H and O–H groups in total. The molecule has 0 bridgehead atoms. The first-order chi connectivity index (χ1) is 5.68. The number of rotatable bonds is 3. The fraction of sp³-hybridized carbons (Fsp3) is 0.429. The first kappa shape index (κ1) is 12.4. The van der Waals surface area contributed by atoms with Gasteiger partial charge in [-0.25, -0.2) is 0 Å². The molecule has 0 aliphatic carbocycles. The smallest absolute Gasteiger partial charge is 0.233 e. The number of ether oxygens (including phenoxy) is 1. The van der Waals surface area contributed by atoms with Crippen molar-refractivity contribution in [3.63, 3.8) is 0 Å². The minimum absolute atomic E-state index is 0. The number of hydrogen-bond donors (Lipinski definition) is 1. The molecule has 0 saturated carbocycles. The molecule has 13 heavy (non-hydrogen) atoms. The zero-order valence-corrected chi connectivity index (χ0v) is 8.68. The molecule has 1 aromatic heterocycles. The highest BCUT2D eigenvalue weighted by Crippen LogP contribution is 2.07. The molecule has 0 spiro atoms. The van der Waals surface area contributed by atoms with Gasteiger partial charge >= 0.3 is 0 Å². The highest BCUT2D eigenvalue weighted by atomic mass is 35.5. The second-order valence-corrected chi connectivity index (χ2v) is 2.87. The fourth-order valence-corrected chi connectivity index (χ4v) is 0.698. The van der Waals surface area contributed by atoms with Gasteiger partial charge in [0.2, 0.25) is 5.88 Å². The van der Waals surface area contributed by atoms with E-state index >= 15 is 0 Å². The topological polar surface area (TPSA) is 61.0 Å². The number of halogens is 2. The van der Waals surface area contributed by atoms with Crippen molar-refractivity contribution >= 4 is 24.0 Å². The van der Waals surface area contributed by atoms with Crippen LogP contribution >= 0.6 is 24.0 Å². The Kier molecular flexibility index (Phi) is 5.70. The Morgan fingerprint density at radius 2 is 2.23 bits per heavy atom. The molecule has 1 aromatic rings. The molecule has 0 saturated heterocycles. The summed E-state index contributed by atoms with van der Waals surface area (Å²) >= 11 is 5.52. The summed E-state index contributed by atoms with van der Waals surface area (Å²) in [5.41, 5.74) is 5.47. The van der Waals surface area contributed by atoms with Crippen molar-refractivity contribution < 1.29 is 4.74 Å². The van der Waals surface area contributed by atoms with Gasteiger partial charge in [0.1, 0.15) is 6.61 Å². The molecule has 1 atom stereocenters. The van der Waals surface area contributed by atoms with Crippen LogP contribution in [0.1, 0.15) is 6.92 Å². The molecule has 0 aromatic carbocycles. The van der Waals surface area contributed by atoms with Crippen molar-refractivity contribution in [1.29, 1.82) is 0 Å². The predicted octanol–water partition coefficient (Wildman–Crippen LogP) is 1.28. The van der Waals surface area contributed by atoms with Gasteiger partial charge in [0.25, 0.3) is 0 Å². The van der Waals surface area contributed by atoms with E-state index in [0.29, 0.717) is 17.6 Å². The highest BCUT2D eigenvalue weighted by Gasteiger charge is 1.98. The summed E-state index contributed by atoms with van der Waals surface area (Å²) in [5.74, 6) is 0.441. The van der Waals surface area contributed by atoms with Crippen LogP contribution in [0, 0.1) is 0 Å². The van der Waals surface area contributed by atoms with E-state index in [1.165, 1.54) is 0 Å². The van der Waals surface area contributed by atoms with E-state index in [0.717, 1.165) is 0 Å². The van der Waals surface area contributed by atoms with Crippen LogP contribution in [-0.2, 0) is 0 Å². The van der Waals surface area contributed by atoms with Crippen molar-refractivity contribution in [2.45, 2.75) is 13.0 Å². The number of nitrogens with zero attached hydrogens (tertiary/aromatic N) is 2. The third kappa shape index (κ3) is 4.87. The van der Waals surface area contributed by atoms with Gasteiger partial charge < -0.3 is 10.5 Å². The molecule has 0 fully saturated rings. The first-order valence-corrected chi connectivity index (χ1v) is 3.94. The van der Waals surface area contributed by atoms with E-state index in [4.69, 9.17) is 22.1 Å². The van der Waals surface area contributed by atoms with Crippen LogP contribution in [0.3, 0.4) is 0 Å². The second-order valence-electron chi connectivity index (χ2n) is 2.48. The number of nitrogens with two attached hydrogens (primary N) is 1. The molecule has 1 rings (SSSR count). The van der Waals surface area contributed by atoms with Crippen LogP contribution in [-0.4, -0.2) is 22.8 Å². The third-order valence-electron chi connectivity index (χ3n) is 1.10. The Hall–Kier alpha value is -0.580. The van der Waals surface area contributed by atoms with Gasteiger partial charge in [-0.1, -0.05) is 11.6 Å². The summed E-state index contributed by atoms with van der Waals surface area (Å²) in [6.07, 6.45) is 0. The normalized spacial score (nSPS) is 11.6. The van der Waals surface area contributed by atoms with Gasteiger partial charge in [-0.05, 0) is 13.0 Å². The minimum Gasteiger partial charge on any atom is -0.475 e. The molecule has 0 radical (unpaired) electrons. The zero-order valence-electron chi connectivity index (χ0n) is 7.11. The maximum Gasteiger partial charge on any atom is 0.233 e. The summed E-state index contributed by atoms with van der Waals surface area (Å²) in [4.78, 5) is 0. The average Bonchev–Trinajstić information content (AvgIpc) is 2.03. The third-order valence-corrected chi connectivity index (χ3v) is 1.30. The second kappa shape index (κ2) is 5.96. The maximum atomic E-state index is 5.52. The Morgan fingerprint density at radius 3 is 2.69 bits per heavy atom. The summed E-state index contributed by atoms with van der Waals surface area (Å²) in [6, 6.07) is 3.26. The molecule has 4 nitrogen and oxygen atoms in total.